The highest BCUT2D eigenvalue weighted by molar-refractivity contribution is 9.10. The maximum absolute atomic E-state index is 13.4. The Balaban J connectivity index is 2.03. The third-order valence-corrected chi connectivity index (χ3v) is 4.05. The van der Waals surface area contributed by atoms with E-state index >= 15 is 0 Å². The van der Waals surface area contributed by atoms with Gasteiger partial charge in [0.05, 0.1) is 10.4 Å². The van der Waals surface area contributed by atoms with Crippen LogP contribution in [0.2, 0.25) is 0 Å². The standard InChI is InChI=1S/C13H12BrF4NO/c14-10-2-1-8(7-11(10)15)12(20)19-5-3-9(4-6-19)13(16,17)18/h1-2,7,9H,3-6H2. The fourth-order valence-corrected chi connectivity index (χ4v) is 2.47. The van der Waals surface area contributed by atoms with Gasteiger partial charge in [-0.3, -0.25) is 4.79 Å². The van der Waals surface area contributed by atoms with Gasteiger partial charge in [0.2, 0.25) is 0 Å². The van der Waals surface area contributed by atoms with Crippen molar-refractivity contribution in [3.8, 4) is 0 Å². The Bertz CT molecular complexity index is 510. The molecule has 110 valence electrons. The first kappa shape index (κ1) is 15.3. The molecule has 0 aromatic heterocycles. The van der Waals surface area contributed by atoms with E-state index < -0.39 is 23.8 Å². The Labute approximate surface area is 121 Å². The molecule has 0 radical (unpaired) electrons. The van der Waals surface area contributed by atoms with Crippen LogP contribution in [0.5, 0.6) is 0 Å². The van der Waals surface area contributed by atoms with Crippen molar-refractivity contribution in [2.45, 2.75) is 19.0 Å². The molecular weight excluding hydrogens is 342 g/mol. The van der Waals surface area contributed by atoms with Gasteiger partial charge in [-0.2, -0.15) is 13.2 Å². The van der Waals surface area contributed by atoms with E-state index in [4.69, 9.17) is 0 Å². The zero-order valence-corrected chi connectivity index (χ0v) is 12.0. The van der Waals surface area contributed by atoms with Crippen LogP contribution in [0.1, 0.15) is 23.2 Å². The van der Waals surface area contributed by atoms with Crippen LogP contribution in [-0.4, -0.2) is 30.1 Å². The highest BCUT2D eigenvalue weighted by atomic mass is 79.9. The second-order valence-electron chi connectivity index (χ2n) is 4.74. The van der Waals surface area contributed by atoms with Crippen molar-refractivity contribution in [1.29, 1.82) is 0 Å². The number of piperidine rings is 1. The Morgan fingerprint density at radius 1 is 1.25 bits per heavy atom. The lowest BCUT2D eigenvalue weighted by atomic mass is 9.96. The summed E-state index contributed by atoms with van der Waals surface area (Å²) in [4.78, 5) is 13.4. The van der Waals surface area contributed by atoms with Gasteiger partial charge in [-0.15, -0.1) is 0 Å². The topological polar surface area (TPSA) is 20.3 Å². The maximum Gasteiger partial charge on any atom is 0.391 e. The minimum atomic E-state index is -4.21. The average molecular weight is 354 g/mol. The normalized spacial score (nSPS) is 17.4. The summed E-state index contributed by atoms with van der Waals surface area (Å²) < 4.78 is 51.2. The second kappa shape index (κ2) is 5.71. The predicted octanol–water partition coefficient (Wildman–Crippen LogP) is 4.00. The molecule has 20 heavy (non-hydrogen) atoms. The third kappa shape index (κ3) is 3.31. The van der Waals surface area contributed by atoms with Crippen LogP contribution in [0.3, 0.4) is 0 Å². The zero-order chi connectivity index (χ0) is 14.9. The van der Waals surface area contributed by atoms with Crippen molar-refractivity contribution < 1.29 is 22.4 Å². The summed E-state index contributed by atoms with van der Waals surface area (Å²) in [5, 5.41) is 0. The number of hydrogen-bond acceptors (Lipinski definition) is 1. The highest BCUT2D eigenvalue weighted by Gasteiger charge is 2.41. The minimum Gasteiger partial charge on any atom is -0.339 e. The summed E-state index contributed by atoms with van der Waals surface area (Å²) in [5.74, 6) is -2.36. The molecule has 0 aliphatic carbocycles. The van der Waals surface area contributed by atoms with Gasteiger partial charge in [0.15, 0.2) is 0 Å². The number of carbonyl (C=O) groups is 1. The van der Waals surface area contributed by atoms with Crippen LogP contribution in [0.15, 0.2) is 22.7 Å². The molecule has 1 fully saturated rings. The molecule has 2 nitrogen and oxygen atoms in total. The number of rotatable bonds is 1. The summed E-state index contributed by atoms with van der Waals surface area (Å²) in [6.07, 6.45) is -4.42. The molecule has 1 aromatic rings. The molecule has 0 unspecified atom stereocenters. The molecule has 1 aliphatic rings. The monoisotopic (exact) mass is 353 g/mol. The largest absolute Gasteiger partial charge is 0.391 e. The number of halogens is 5. The SMILES string of the molecule is O=C(c1ccc(Br)c(F)c1)N1CCC(C(F)(F)F)CC1. The Morgan fingerprint density at radius 2 is 1.85 bits per heavy atom. The number of nitrogens with zero attached hydrogens (tertiary/aromatic N) is 1. The van der Waals surface area contributed by atoms with E-state index in [-0.39, 0.29) is 36.0 Å². The number of hydrogen-bond donors (Lipinski definition) is 0. The first-order chi connectivity index (χ1) is 9.29. The van der Waals surface area contributed by atoms with Crippen molar-refractivity contribution in [1.82, 2.24) is 4.90 Å². The highest BCUT2D eigenvalue weighted by Crippen LogP contribution is 2.34. The number of amides is 1. The molecule has 2 rings (SSSR count). The Morgan fingerprint density at radius 3 is 2.35 bits per heavy atom. The van der Waals surface area contributed by atoms with Crippen molar-refractivity contribution in [2.75, 3.05) is 13.1 Å². The first-order valence-electron chi connectivity index (χ1n) is 6.10. The van der Waals surface area contributed by atoms with Crippen LogP contribution < -0.4 is 0 Å². The fraction of sp³-hybridized carbons (Fsp3) is 0.462. The van der Waals surface area contributed by atoms with E-state index in [1.54, 1.807) is 0 Å². The molecule has 1 aromatic carbocycles. The summed E-state index contributed by atoms with van der Waals surface area (Å²) in [6.45, 7) is 0.0847. The van der Waals surface area contributed by atoms with Gasteiger partial charge >= 0.3 is 6.18 Å². The Kier molecular flexibility index (Phi) is 4.36. The average Bonchev–Trinajstić information content (AvgIpc) is 2.40. The molecule has 1 heterocycles. The summed E-state index contributed by atoms with van der Waals surface area (Å²) in [6, 6.07) is 3.94. The van der Waals surface area contributed by atoms with Crippen molar-refractivity contribution in [3.05, 3.63) is 34.1 Å². The Hall–Kier alpha value is -1.11. The molecule has 1 aliphatic heterocycles. The van der Waals surface area contributed by atoms with Gasteiger partial charge in [0.25, 0.3) is 5.91 Å². The van der Waals surface area contributed by atoms with Crippen LogP contribution in [0.25, 0.3) is 0 Å². The van der Waals surface area contributed by atoms with Gasteiger partial charge in [0.1, 0.15) is 5.82 Å². The molecule has 0 bridgehead atoms. The van der Waals surface area contributed by atoms with Gasteiger partial charge < -0.3 is 4.90 Å². The van der Waals surface area contributed by atoms with Crippen molar-refractivity contribution >= 4 is 21.8 Å². The van der Waals surface area contributed by atoms with E-state index in [0.29, 0.717) is 0 Å². The van der Waals surface area contributed by atoms with Crippen LogP contribution in [0, 0.1) is 11.7 Å². The van der Waals surface area contributed by atoms with Crippen LogP contribution in [0.4, 0.5) is 17.6 Å². The number of likely N-dealkylation sites (tertiary alicyclic amines) is 1. The predicted molar refractivity (Wildman–Crippen MR) is 68.8 cm³/mol. The number of alkyl halides is 3. The summed E-state index contributed by atoms with van der Waals surface area (Å²) in [7, 11) is 0. The van der Waals surface area contributed by atoms with Gasteiger partial charge in [-0.05, 0) is 47.0 Å². The lowest BCUT2D eigenvalue weighted by molar-refractivity contribution is -0.183. The first-order valence-corrected chi connectivity index (χ1v) is 6.89. The fourth-order valence-electron chi connectivity index (χ4n) is 2.22. The molecule has 0 spiro atoms. The molecular formula is C13H12BrF4NO. The maximum atomic E-state index is 13.4. The number of benzene rings is 1. The van der Waals surface area contributed by atoms with Crippen LogP contribution in [-0.2, 0) is 0 Å². The van der Waals surface area contributed by atoms with E-state index in [2.05, 4.69) is 15.9 Å². The van der Waals surface area contributed by atoms with Gasteiger partial charge in [0, 0.05) is 18.7 Å². The molecule has 0 atom stereocenters. The summed E-state index contributed by atoms with van der Waals surface area (Å²) >= 11 is 2.98. The smallest absolute Gasteiger partial charge is 0.339 e. The molecule has 7 heteroatoms. The second-order valence-corrected chi connectivity index (χ2v) is 5.59. The lowest BCUT2D eigenvalue weighted by Crippen LogP contribution is -2.42. The lowest BCUT2D eigenvalue weighted by Gasteiger charge is -2.33. The van der Waals surface area contributed by atoms with E-state index in [0.717, 1.165) is 6.07 Å². The quantitative estimate of drug-likeness (QED) is 0.698. The van der Waals surface area contributed by atoms with E-state index in [1.165, 1.54) is 17.0 Å². The zero-order valence-electron chi connectivity index (χ0n) is 10.4. The number of carbonyl (C=O) groups excluding carboxylic acids is 1. The van der Waals surface area contributed by atoms with Crippen molar-refractivity contribution in [3.63, 3.8) is 0 Å². The molecule has 1 amide bonds. The molecule has 0 saturated carbocycles. The van der Waals surface area contributed by atoms with Crippen molar-refractivity contribution in [2.24, 2.45) is 5.92 Å². The van der Waals surface area contributed by atoms with Gasteiger partial charge in [-0.1, -0.05) is 0 Å². The van der Waals surface area contributed by atoms with Crippen LogP contribution >= 0.6 is 15.9 Å². The molecule has 1 saturated heterocycles. The summed E-state index contributed by atoms with van der Waals surface area (Å²) in [5.41, 5.74) is 0.149. The third-order valence-electron chi connectivity index (χ3n) is 3.41. The van der Waals surface area contributed by atoms with E-state index in [9.17, 15) is 22.4 Å². The minimum absolute atomic E-state index is 0.0424. The van der Waals surface area contributed by atoms with Gasteiger partial charge in [-0.25, -0.2) is 4.39 Å². The molecule has 0 N–H and O–H groups in total. The van der Waals surface area contributed by atoms with E-state index in [1.807, 2.05) is 0 Å².